The summed E-state index contributed by atoms with van der Waals surface area (Å²) in [6, 6.07) is 5.49. The molecule has 0 aromatic heterocycles. The van der Waals surface area contributed by atoms with Gasteiger partial charge in [0.05, 0.1) is 0 Å². The van der Waals surface area contributed by atoms with Crippen molar-refractivity contribution in [2.45, 2.75) is 30.0 Å². The van der Waals surface area contributed by atoms with Gasteiger partial charge >= 0.3 is 0 Å². The van der Waals surface area contributed by atoms with Crippen LogP contribution in [0.15, 0.2) is 29.2 Å². The summed E-state index contributed by atoms with van der Waals surface area (Å²) in [5.41, 5.74) is 0. The van der Waals surface area contributed by atoms with Gasteiger partial charge in [-0.2, -0.15) is 4.31 Å². The van der Waals surface area contributed by atoms with E-state index in [0.29, 0.717) is 19.0 Å². The van der Waals surface area contributed by atoms with Crippen molar-refractivity contribution in [3.63, 3.8) is 0 Å². The van der Waals surface area contributed by atoms with Crippen LogP contribution in [0.2, 0.25) is 0 Å². The quantitative estimate of drug-likeness (QED) is 0.805. The normalized spacial score (nSPS) is 20.4. The van der Waals surface area contributed by atoms with E-state index in [4.69, 9.17) is 11.6 Å². The first-order valence-corrected chi connectivity index (χ1v) is 8.19. The average molecular weight is 306 g/mol. The van der Waals surface area contributed by atoms with Crippen molar-refractivity contribution in [3.05, 3.63) is 30.1 Å². The third-order valence-corrected chi connectivity index (χ3v) is 5.89. The first kappa shape index (κ1) is 14.8. The smallest absolute Gasteiger partial charge is 0.207 e. The van der Waals surface area contributed by atoms with Crippen molar-refractivity contribution >= 4 is 21.6 Å². The molecule has 0 amide bonds. The van der Waals surface area contributed by atoms with Crippen LogP contribution in [-0.4, -0.2) is 31.2 Å². The Morgan fingerprint density at radius 3 is 2.42 bits per heavy atom. The maximum absolute atomic E-state index is 13.6. The Kier molecular flexibility index (Phi) is 4.48. The Morgan fingerprint density at radius 1 is 1.32 bits per heavy atom. The van der Waals surface area contributed by atoms with Gasteiger partial charge < -0.3 is 0 Å². The van der Waals surface area contributed by atoms with Crippen molar-refractivity contribution < 1.29 is 12.8 Å². The lowest BCUT2D eigenvalue weighted by atomic mass is 9.95. The minimum absolute atomic E-state index is 0.0401. The highest BCUT2D eigenvalue weighted by Crippen LogP contribution is 2.28. The Hall–Kier alpha value is -0.650. The average Bonchev–Trinajstić information content (AvgIpc) is 2.39. The van der Waals surface area contributed by atoms with Crippen LogP contribution < -0.4 is 0 Å². The van der Waals surface area contributed by atoms with E-state index in [2.05, 4.69) is 0 Å². The van der Waals surface area contributed by atoms with Crippen LogP contribution in [0.5, 0.6) is 0 Å². The van der Waals surface area contributed by atoms with Gasteiger partial charge in [0, 0.05) is 18.5 Å². The fraction of sp³-hybridized carbons (Fsp3) is 0.538. The summed E-state index contributed by atoms with van der Waals surface area (Å²) in [5.74, 6) is -0.371. The molecular formula is C13H17ClFNO2S. The van der Waals surface area contributed by atoms with E-state index in [-0.39, 0.29) is 10.3 Å². The molecule has 1 heterocycles. The molecule has 2 rings (SSSR count). The van der Waals surface area contributed by atoms with Gasteiger partial charge in [0.2, 0.25) is 10.0 Å². The van der Waals surface area contributed by atoms with Crippen LogP contribution in [0.1, 0.15) is 19.8 Å². The SMILES string of the molecule is CC(Cl)C1CCN(S(=O)(=O)c2ccccc2F)CC1. The molecule has 0 bridgehead atoms. The van der Waals surface area contributed by atoms with Crippen LogP contribution in [-0.2, 0) is 10.0 Å². The molecule has 1 aromatic carbocycles. The van der Waals surface area contributed by atoms with Gasteiger partial charge in [-0.1, -0.05) is 12.1 Å². The molecule has 0 aliphatic carbocycles. The lowest BCUT2D eigenvalue weighted by Gasteiger charge is -2.32. The van der Waals surface area contributed by atoms with Crippen molar-refractivity contribution in [2.75, 3.05) is 13.1 Å². The minimum atomic E-state index is -3.73. The van der Waals surface area contributed by atoms with E-state index in [1.807, 2.05) is 6.92 Å². The largest absolute Gasteiger partial charge is 0.245 e. The molecule has 0 saturated carbocycles. The molecule has 1 aliphatic rings. The highest BCUT2D eigenvalue weighted by Gasteiger charge is 2.32. The van der Waals surface area contributed by atoms with Gasteiger partial charge in [-0.05, 0) is 37.8 Å². The first-order valence-electron chi connectivity index (χ1n) is 6.31. The van der Waals surface area contributed by atoms with Crippen LogP contribution in [0.3, 0.4) is 0 Å². The number of rotatable bonds is 3. The lowest BCUT2D eigenvalue weighted by molar-refractivity contribution is 0.271. The molecule has 106 valence electrons. The van der Waals surface area contributed by atoms with E-state index >= 15 is 0 Å². The molecule has 19 heavy (non-hydrogen) atoms. The molecule has 1 unspecified atom stereocenters. The van der Waals surface area contributed by atoms with Crippen LogP contribution >= 0.6 is 11.6 Å². The van der Waals surface area contributed by atoms with Crippen molar-refractivity contribution in [1.82, 2.24) is 4.31 Å². The summed E-state index contributed by atoms with van der Waals surface area (Å²) in [4.78, 5) is -0.243. The maximum atomic E-state index is 13.6. The zero-order chi connectivity index (χ0) is 14.0. The van der Waals surface area contributed by atoms with Gasteiger partial charge in [-0.25, -0.2) is 12.8 Å². The second-order valence-corrected chi connectivity index (χ2v) is 7.44. The number of hydrogen-bond acceptors (Lipinski definition) is 2. The van der Waals surface area contributed by atoms with Gasteiger partial charge in [-0.15, -0.1) is 11.6 Å². The molecule has 1 saturated heterocycles. The van der Waals surface area contributed by atoms with E-state index < -0.39 is 15.8 Å². The molecule has 3 nitrogen and oxygen atoms in total. The standard InChI is InChI=1S/C13H17ClFNO2S/c1-10(14)11-6-8-16(9-7-11)19(17,18)13-5-3-2-4-12(13)15/h2-5,10-11H,6-9H2,1H3. The van der Waals surface area contributed by atoms with Gasteiger partial charge in [0.15, 0.2) is 0 Å². The van der Waals surface area contributed by atoms with E-state index in [9.17, 15) is 12.8 Å². The van der Waals surface area contributed by atoms with Crippen LogP contribution in [0.4, 0.5) is 4.39 Å². The summed E-state index contributed by atoms with van der Waals surface area (Å²) in [5, 5.41) is 0.0401. The predicted octanol–water partition coefficient (Wildman–Crippen LogP) is 2.85. The van der Waals surface area contributed by atoms with E-state index in [0.717, 1.165) is 12.8 Å². The summed E-state index contributed by atoms with van der Waals surface area (Å²) in [7, 11) is -3.73. The van der Waals surface area contributed by atoms with Crippen molar-refractivity contribution in [3.8, 4) is 0 Å². The van der Waals surface area contributed by atoms with Gasteiger partial charge in [0.25, 0.3) is 0 Å². The maximum Gasteiger partial charge on any atom is 0.245 e. The fourth-order valence-corrected chi connectivity index (χ4v) is 4.16. The highest BCUT2D eigenvalue weighted by molar-refractivity contribution is 7.89. The third kappa shape index (κ3) is 3.09. The van der Waals surface area contributed by atoms with E-state index in [1.54, 1.807) is 0 Å². The summed E-state index contributed by atoms with van der Waals surface area (Å²) in [6.45, 7) is 2.73. The number of halogens is 2. The van der Waals surface area contributed by atoms with Crippen molar-refractivity contribution in [2.24, 2.45) is 5.92 Å². The Balaban J connectivity index is 2.17. The second kappa shape index (κ2) is 5.77. The summed E-state index contributed by atoms with van der Waals surface area (Å²) in [6.07, 6.45) is 1.44. The zero-order valence-electron chi connectivity index (χ0n) is 10.7. The minimum Gasteiger partial charge on any atom is -0.207 e. The number of hydrogen-bond donors (Lipinski definition) is 0. The molecule has 0 radical (unpaired) electrons. The molecule has 1 aromatic rings. The Morgan fingerprint density at radius 2 is 1.89 bits per heavy atom. The number of alkyl halides is 1. The fourth-order valence-electron chi connectivity index (χ4n) is 2.37. The van der Waals surface area contributed by atoms with Crippen LogP contribution in [0.25, 0.3) is 0 Å². The topological polar surface area (TPSA) is 37.4 Å². The number of piperidine rings is 1. The number of nitrogens with zero attached hydrogens (tertiary/aromatic N) is 1. The van der Waals surface area contributed by atoms with Gasteiger partial charge in [-0.3, -0.25) is 0 Å². The molecule has 1 fully saturated rings. The second-order valence-electron chi connectivity index (χ2n) is 4.85. The highest BCUT2D eigenvalue weighted by atomic mass is 35.5. The zero-order valence-corrected chi connectivity index (χ0v) is 12.3. The summed E-state index contributed by atoms with van der Waals surface area (Å²) >= 11 is 6.03. The molecule has 0 spiro atoms. The third-order valence-electron chi connectivity index (χ3n) is 3.60. The Bertz CT molecular complexity index is 539. The van der Waals surface area contributed by atoms with E-state index in [1.165, 1.54) is 28.6 Å². The molecule has 1 aliphatic heterocycles. The predicted molar refractivity (Wildman–Crippen MR) is 73.2 cm³/mol. The summed E-state index contributed by atoms with van der Waals surface area (Å²) < 4.78 is 39.6. The van der Waals surface area contributed by atoms with Crippen molar-refractivity contribution in [1.29, 1.82) is 0 Å². The molecular weight excluding hydrogens is 289 g/mol. The first-order chi connectivity index (χ1) is 8.93. The Labute approximate surface area is 118 Å². The lowest BCUT2D eigenvalue weighted by Crippen LogP contribution is -2.40. The van der Waals surface area contributed by atoms with Crippen LogP contribution in [0, 0.1) is 11.7 Å². The molecule has 1 atom stereocenters. The number of sulfonamides is 1. The monoisotopic (exact) mass is 305 g/mol. The molecule has 6 heteroatoms. The molecule has 0 N–H and O–H groups in total. The number of benzene rings is 1. The van der Waals surface area contributed by atoms with Gasteiger partial charge in [0.1, 0.15) is 10.7 Å².